The van der Waals surface area contributed by atoms with E-state index >= 15 is 0 Å². The highest BCUT2D eigenvalue weighted by Crippen LogP contribution is 2.18. The van der Waals surface area contributed by atoms with Gasteiger partial charge in [0.05, 0.1) is 24.3 Å². The topological polar surface area (TPSA) is 87.4 Å². The average Bonchev–Trinajstić information content (AvgIpc) is 3.25. The molecule has 8 nitrogen and oxygen atoms in total. The van der Waals surface area contributed by atoms with Gasteiger partial charge in [-0.2, -0.15) is 0 Å². The second kappa shape index (κ2) is 7.22. The van der Waals surface area contributed by atoms with E-state index in [9.17, 15) is 4.79 Å². The van der Waals surface area contributed by atoms with Gasteiger partial charge in [-0.15, -0.1) is 0 Å². The zero-order valence-electron chi connectivity index (χ0n) is 14.1. The number of amides is 1. The van der Waals surface area contributed by atoms with Crippen LogP contribution in [0.15, 0.2) is 59.5 Å². The van der Waals surface area contributed by atoms with Crippen LogP contribution < -0.4 is 15.1 Å². The van der Waals surface area contributed by atoms with Gasteiger partial charge in [-0.25, -0.2) is 9.97 Å². The molecule has 8 heteroatoms. The van der Waals surface area contributed by atoms with E-state index in [1.54, 1.807) is 12.4 Å². The van der Waals surface area contributed by atoms with E-state index in [1.165, 1.54) is 18.0 Å². The van der Waals surface area contributed by atoms with Crippen molar-refractivity contribution in [2.75, 3.05) is 41.3 Å². The molecule has 1 fully saturated rings. The number of aromatic nitrogens is 3. The van der Waals surface area contributed by atoms with Crippen molar-refractivity contribution in [1.29, 1.82) is 0 Å². The van der Waals surface area contributed by atoms with Gasteiger partial charge in [-0.1, -0.05) is 23.4 Å². The first-order chi connectivity index (χ1) is 12.8. The molecule has 0 saturated carbocycles. The van der Waals surface area contributed by atoms with Gasteiger partial charge in [0, 0.05) is 37.9 Å². The number of carbonyl (C=O) groups is 1. The van der Waals surface area contributed by atoms with Crippen molar-refractivity contribution < 1.29 is 9.32 Å². The summed E-state index contributed by atoms with van der Waals surface area (Å²) in [5, 5.41) is 6.19. The largest absolute Gasteiger partial charge is 0.368 e. The first-order valence-corrected chi connectivity index (χ1v) is 8.38. The first-order valence-electron chi connectivity index (χ1n) is 8.38. The molecule has 1 aliphatic heterocycles. The Bertz CT molecular complexity index is 843. The highest BCUT2D eigenvalue weighted by atomic mass is 16.5. The summed E-state index contributed by atoms with van der Waals surface area (Å²) in [6.45, 7) is 3.52. The summed E-state index contributed by atoms with van der Waals surface area (Å²) in [5.74, 6) is 0.428. The van der Waals surface area contributed by atoms with Gasteiger partial charge in [0.15, 0.2) is 0 Å². The van der Waals surface area contributed by atoms with Gasteiger partial charge >= 0.3 is 0 Å². The van der Waals surface area contributed by atoms with Crippen LogP contribution in [-0.4, -0.2) is 47.2 Å². The number of anilines is 3. The fraction of sp³-hybridized carbons (Fsp3) is 0.222. The summed E-state index contributed by atoms with van der Waals surface area (Å²) in [4.78, 5) is 25.1. The number of rotatable bonds is 4. The van der Waals surface area contributed by atoms with Crippen LogP contribution in [0.1, 0.15) is 10.6 Å². The zero-order valence-corrected chi connectivity index (χ0v) is 14.1. The molecule has 1 amide bonds. The highest BCUT2D eigenvalue weighted by Gasteiger charge is 2.19. The maximum atomic E-state index is 11.9. The Balaban J connectivity index is 1.35. The third-order valence-corrected chi connectivity index (χ3v) is 4.24. The van der Waals surface area contributed by atoms with Crippen LogP contribution in [-0.2, 0) is 0 Å². The standard InChI is InChI=1S/C18H18N6O2/c25-17(16-6-7-21-26-16)22-14-12-19-18(20-13-14)24-10-8-23(9-11-24)15-4-2-1-3-5-15/h1-7,12-13H,8-11H2,(H,22,25). The molecule has 132 valence electrons. The fourth-order valence-corrected chi connectivity index (χ4v) is 2.88. The number of hydrogen-bond donors (Lipinski definition) is 1. The zero-order chi connectivity index (χ0) is 17.8. The SMILES string of the molecule is O=C(Nc1cnc(N2CCN(c3ccccc3)CC2)nc1)c1ccno1. The molecule has 1 aliphatic rings. The molecular formula is C18H18N6O2. The molecule has 0 unspecified atom stereocenters. The molecule has 3 heterocycles. The maximum Gasteiger partial charge on any atom is 0.294 e. The van der Waals surface area contributed by atoms with Crippen molar-refractivity contribution in [3.8, 4) is 0 Å². The Morgan fingerprint density at radius 1 is 0.962 bits per heavy atom. The van der Waals surface area contributed by atoms with Gasteiger partial charge in [0.25, 0.3) is 5.91 Å². The highest BCUT2D eigenvalue weighted by molar-refractivity contribution is 6.01. The Kier molecular flexibility index (Phi) is 4.46. The van der Waals surface area contributed by atoms with Gasteiger partial charge in [-0.3, -0.25) is 4.79 Å². The van der Waals surface area contributed by atoms with E-state index in [0.717, 1.165) is 26.2 Å². The normalized spacial score (nSPS) is 14.3. The lowest BCUT2D eigenvalue weighted by Gasteiger charge is -2.36. The van der Waals surface area contributed by atoms with E-state index in [1.807, 2.05) is 6.07 Å². The van der Waals surface area contributed by atoms with E-state index in [0.29, 0.717) is 11.6 Å². The van der Waals surface area contributed by atoms with E-state index in [-0.39, 0.29) is 11.7 Å². The molecule has 2 aromatic heterocycles. The quantitative estimate of drug-likeness (QED) is 0.770. The van der Waals surface area contributed by atoms with Crippen LogP contribution in [0.3, 0.4) is 0 Å². The van der Waals surface area contributed by atoms with Crippen LogP contribution in [0.4, 0.5) is 17.3 Å². The predicted octanol–water partition coefficient (Wildman–Crippen LogP) is 2.04. The Morgan fingerprint density at radius 2 is 1.65 bits per heavy atom. The molecule has 1 aromatic carbocycles. The number of carbonyl (C=O) groups excluding carboxylic acids is 1. The average molecular weight is 350 g/mol. The van der Waals surface area contributed by atoms with Crippen molar-refractivity contribution in [2.24, 2.45) is 0 Å². The lowest BCUT2D eigenvalue weighted by atomic mass is 10.2. The number of benzene rings is 1. The van der Waals surface area contributed by atoms with E-state index in [2.05, 4.69) is 54.5 Å². The monoisotopic (exact) mass is 350 g/mol. The Labute approximate surface area is 150 Å². The minimum absolute atomic E-state index is 0.145. The van der Waals surface area contributed by atoms with Crippen LogP contribution in [0.25, 0.3) is 0 Å². The molecule has 3 aromatic rings. The molecule has 0 aliphatic carbocycles. The van der Waals surface area contributed by atoms with Crippen LogP contribution in [0, 0.1) is 0 Å². The lowest BCUT2D eigenvalue weighted by Crippen LogP contribution is -2.47. The minimum atomic E-state index is -0.379. The number of piperazine rings is 1. The van der Waals surface area contributed by atoms with E-state index in [4.69, 9.17) is 4.52 Å². The number of nitrogens with zero attached hydrogens (tertiary/aromatic N) is 5. The summed E-state index contributed by atoms with van der Waals surface area (Å²) in [5.41, 5.74) is 1.75. The van der Waals surface area contributed by atoms with Crippen molar-refractivity contribution >= 4 is 23.2 Å². The van der Waals surface area contributed by atoms with Gasteiger partial charge in [-0.05, 0) is 12.1 Å². The van der Waals surface area contributed by atoms with E-state index < -0.39 is 0 Å². The smallest absolute Gasteiger partial charge is 0.294 e. The first kappa shape index (κ1) is 16.1. The minimum Gasteiger partial charge on any atom is -0.368 e. The molecule has 0 radical (unpaired) electrons. The van der Waals surface area contributed by atoms with Crippen molar-refractivity contribution in [1.82, 2.24) is 15.1 Å². The van der Waals surface area contributed by atoms with Gasteiger partial charge in [0.2, 0.25) is 11.7 Å². The fourth-order valence-electron chi connectivity index (χ4n) is 2.88. The maximum absolute atomic E-state index is 11.9. The summed E-state index contributed by atoms with van der Waals surface area (Å²) in [6.07, 6.45) is 4.62. The number of nitrogens with one attached hydrogen (secondary N) is 1. The second-order valence-electron chi connectivity index (χ2n) is 5.91. The van der Waals surface area contributed by atoms with Crippen molar-refractivity contribution in [3.63, 3.8) is 0 Å². The van der Waals surface area contributed by atoms with Crippen LogP contribution in [0.2, 0.25) is 0 Å². The second-order valence-corrected chi connectivity index (χ2v) is 5.91. The third kappa shape index (κ3) is 3.49. The molecule has 4 rings (SSSR count). The Morgan fingerprint density at radius 3 is 2.31 bits per heavy atom. The van der Waals surface area contributed by atoms with Gasteiger partial charge in [0.1, 0.15) is 0 Å². The molecule has 0 atom stereocenters. The predicted molar refractivity (Wildman–Crippen MR) is 97.4 cm³/mol. The van der Waals surface area contributed by atoms with Crippen LogP contribution in [0.5, 0.6) is 0 Å². The Hall–Kier alpha value is -3.42. The van der Waals surface area contributed by atoms with Crippen LogP contribution >= 0.6 is 0 Å². The summed E-state index contributed by atoms with van der Waals surface area (Å²) in [6, 6.07) is 11.9. The molecule has 26 heavy (non-hydrogen) atoms. The third-order valence-electron chi connectivity index (χ3n) is 4.24. The molecular weight excluding hydrogens is 332 g/mol. The van der Waals surface area contributed by atoms with Gasteiger partial charge < -0.3 is 19.6 Å². The summed E-state index contributed by atoms with van der Waals surface area (Å²) < 4.78 is 4.82. The lowest BCUT2D eigenvalue weighted by molar-refractivity contribution is 0.0988. The summed E-state index contributed by atoms with van der Waals surface area (Å²) >= 11 is 0. The molecule has 0 bridgehead atoms. The molecule has 1 N–H and O–H groups in total. The summed E-state index contributed by atoms with van der Waals surface area (Å²) in [7, 11) is 0. The van der Waals surface area contributed by atoms with Crippen molar-refractivity contribution in [3.05, 3.63) is 60.7 Å². The molecule has 0 spiro atoms. The number of para-hydroxylation sites is 1. The number of hydrogen-bond acceptors (Lipinski definition) is 7. The van der Waals surface area contributed by atoms with Crippen molar-refractivity contribution in [2.45, 2.75) is 0 Å². The molecule has 1 saturated heterocycles.